The van der Waals surface area contributed by atoms with Crippen LogP contribution in [0.25, 0.3) is 0 Å². The number of rotatable bonds is 1. The Kier molecular flexibility index (Phi) is 2.36. The molecule has 2 aliphatic rings. The Morgan fingerprint density at radius 2 is 2.11 bits per heavy atom. The first-order valence-electron chi connectivity index (χ1n) is 5.96. The number of fused-ring (bicyclic) bond motifs is 1. The van der Waals surface area contributed by atoms with Gasteiger partial charge in [0.15, 0.2) is 0 Å². The van der Waals surface area contributed by atoms with Crippen LogP contribution in [0.15, 0.2) is 6.33 Å². The third-order valence-electron chi connectivity index (χ3n) is 3.72. The van der Waals surface area contributed by atoms with Gasteiger partial charge >= 0.3 is 0 Å². The van der Waals surface area contributed by atoms with Crippen LogP contribution in [0.4, 0.5) is 0 Å². The van der Waals surface area contributed by atoms with E-state index in [1.54, 1.807) is 16.8 Å². The monoisotopic (exact) mass is 249 g/mol. The van der Waals surface area contributed by atoms with E-state index in [0.29, 0.717) is 13.1 Å². The Morgan fingerprint density at radius 1 is 1.33 bits per heavy atom. The minimum Gasteiger partial charge on any atom is -0.345 e. The molecule has 18 heavy (non-hydrogen) atoms. The zero-order valence-corrected chi connectivity index (χ0v) is 10.4. The highest BCUT2D eigenvalue weighted by Gasteiger charge is 2.46. The molecule has 0 spiro atoms. The van der Waals surface area contributed by atoms with Gasteiger partial charge in [0.2, 0.25) is 11.7 Å². The molecule has 0 bridgehead atoms. The second-order valence-corrected chi connectivity index (χ2v) is 5.04. The summed E-state index contributed by atoms with van der Waals surface area (Å²) in [4.78, 5) is 31.4. The summed E-state index contributed by atoms with van der Waals surface area (Å²) in [6.07, 6.45) is 1.50. The largest absolute Gasteiger partial charge is 0.345 e. The van der Waals surface area contributed by atoms with E-state index in [9.17, 15) is 9.59 Å². The molecule has 3 rings (SSSR count). The predicted octanol–water partition coefficient (Wildman–Crippen LogP) is -1.02. The van der Waals surface area contributed by atoms with Gasteiger partial charge in [-0.3, -0.25) is 14.3 Å². The van der Waals surface area contributed by atoms with Gasteiger partial charge in [0.05, 0.1) is 5.92 Å². The van der Waals surface area contributed by atoms with Crippen molar-refractivity contribution in [3.05, 3.63) is 12.2 Å². The zero-order chi connectivity index (χ0) is 12.9. The van der Waals surface area contributed by atoms with Gasteiger partial charge in [-0.15, -0.1) is 5.10 Å². The van der Waals surface area contributed by atoms with Gasteiger partial charge in [-0.25, -0.2) is 4.98 Å². The van der Waals surface area contributed by atoms with Crippen LogP contribution in [0.5, 0.6) is 0 Å². The van der Waals surface area contributed by atoms with E-state index >= 15 is 0 Å². The number of aromatic nitrogens is 3. The lowest BCUT2D eigenvalue weighted by Crippen LogP contribution is -2.34. The average molecular weight is 249 g/mol. The molecule has 0 aliphatic carbocycles. The van der Waals surface area contributed by atoms with Crippen molar-refractivity contribution in [1.82, 2.24) is 24.6 Å². The second kappa shape index (κ2) is 3.79. The molecule has 2 amide bonds. The highest BCUT2D eigenvalue weighted by Crippen LogP contribution is 2.31. The number of hydrogen-bond acceptors (Lipinski definition) is 4. The van der Waals surface area contributed by atoms with Crippen LogP contribution in [0.2, 0.25) is 0 Å². The fourth-order valence-corrected chi connectivity index (χ4v) is 2.81. The molecule has 2 aliphatic heterocycles. The highest BCUT2D eigenvalue weighted by molar-refractivity contribution is 5.92. The summed E-state index contributed by atoms with van der Waals surface area (Å²) >= 11 is 0. The van der Waals surface area contributed by atoms with Crippen LogP contribution in [0.3, 0.4) is 0 Å². The SMILES string of the molecule is CN1C[C@@H]2CN(C(=O)c3ncn(C)n3)C[C@@H]2C1=O. The van der Waals surface area contributed by atoms with Crippen LogP contribution in [0, 0.1) is 11.8 Å². The number of likely N-dealkylation sites (tertiary alicyclic amines) is 2. The van der Waals surface area contributed by atoms with E-state index in [1.165, 1.54) is 11.0 Å². The minimum absolute atomic E-state index is 0.0392. The molecule has 7 heteroatoms. The fraction of sp³-hybridized carbons (Fsp3) is 0.636. The lowest BCUT2D eigenvalue weighted by molar-refractivity contribution is -0.129. The smallest absolute Gasteiger partial charge is 0.293 e. The van der Waals surface area contributed by atoms with Gasteiger partial charge in [-0.2, -0.15) is 0 Å². The zero-order valence-electron chi connectivity index (χ0n) is 10.4. The molecule has 2 saturated heterocycles. The predicted molar refractivity (Wildman–Crippen MR) is 61.5 cm³/mol. The first-order chi connectivity index (χ1) is 8.56. The summed E-state index contributed by atoms with van der Waals surface area (Å²) < 4.78 is 1.50. The lowest BCUT2D eigenvalue weighted by atomic mass is 10.0. The summed E-state index contributed by atoms with van der Waals surface area (Å²) in [7, 11) is 3.54. The van der Waals surface area contributed by atoms with E-state index < -0.39 is 0 Å². The molecule has 1 aromatic heterocycles. The minimum atomic E-state index is -0.180. The topological polar surface area (TPSA) is 71.3 Å². The number of hydrogen-bond donors (Lipinski definition) is 0. The van der Waals surface area contributed by atoms with Gasteiger partial charge in [-0.1, -0.05) is 0 Å². The first-order valence-corrected chi connectivity index (χ1v) is 5.96. The molecule has 2 atom stereocenters. The summed E-state index contributed by atoms with van der Waals surface area (Å²) in [5.74, 6) is 0.390. The van der Waals surface area contributed by atoms with Crippen LogP contribution in [-0.2, 0) is 11.8 Å². The normalized spacial score (nSPS) is 26.9. The second-order valence-electron chi connectivity index (χ2n) is 5.04. The number of nitrogens with zero attached hydrogens (tertiary/aromatic N) is 5. The summed E-state index contributed by atoms with van der Waals surface area (Å²) in [6, 6.07) is 0. The maximum absolute atomic E-state index is 12.1. The molecule has 3 heterocycles. The van der Waals surface area contributed by atoms with Crippen molar-refractivity contribution in [3.63, 3.8) is 0 Å². The van der Waals surface area contributed by atoms with Crippen molar-refractivity contribution in [2.24, 2.45) is 18.9 Å². The molecule has 0 N–H and O–H groups in total. The Bertz CT molecular complexity index is 511. The summed E-state index contributed by atoms with van der Waals surface area (Å²) in [5, 5.41) is 4.00. The van der Waals surface area contributed by atoms with E-state index in [1.807, 2.05) is 7.05 Å². The van der Waals surface area contributed by atoms with Crippen LogP contribution in [-0.4, -0.2) is 63.1 Å². The average Bonchev–Trinajstić information content (AvgIpc) is 2.98. The van der Waals surface area contributed by atoms with E-state index in [4.69, 9.17) is 0 Å². The quantitative estimate of drug-likeness (QED) is 0.638. The number of carbonyl (C=O) groups is 2. The van der Waals surface area contributed by atoms with Crippen molar-refractivity contribution in [3.8, 4) is 0 Å². The molecule has 0 unspecified atom stereocenters. The van der Waals surface area contributed by atoms with Gasteiger partial charge in [0.1, 0.15) is 6.33 Å². The number of carbonyl (C=O) groups excluding carboxylic acids is 2. The standard InChI is InChI=1S/C11H15N5O2/c1-14-3-7-4-16(5-8(7)10(14)17)11(18)9-12-6-15(2)13-9/h6-8H,3-5H2,1-2H3/t7-,8+/m1/s1. The first kappa shape index (κ1) is 11.2. The third kappa shape index (κ3) is 1.58. The van der Waals surface area contributed by atoms with E-state index in [-0.39, 0.29) is 29.5 Å². The van der Waals surface area contributed by atoms with Crippen molar-refractivity contribution in [2.75, 3.05) is 26.7 Å². The third-order valence-corrected chi connectivity index (χ3v) is 3.72. The Hall–Kier alpha value is -1.92. The van der Waals surface area contributed by atoms with Crippen molar-refractivity contribution >= 4 is 11.8 Å². The Morgan fingerprint density at radius 3 is 2.72 bits per heavy atom. The van der Waals surface area contributed by atoms with Crippen molar-refractivity contribution < 1.29 is 9.59 Å². The molecule has 2 fully saturated rings. The maximum atomic E-state index is 12.1. The molecule has 96 valence electrons. The molecular weight excluding hydrogens is 234 g/mol. The van der Waals surface area contributed by atoms with Gasteiger partial charge < -0.3 is 9.80 Å². The number of aryl methyl sites for hydroxylation is 1. The van der Waals surface area contributed by atoms with Crippen LogP contribution in [0.1, 0.15) is 10.6 Å². The Labute approximate surface area is 104 Å². The lowest BCUT2D eigenvalue weighted by Gasteiger charge is -2.17. The number of amides is 2. The fourth-order valence-electron chi connectivity index (χ4n) is 2.81. The Balaban J connectivity index is 1.74. The van der Waals surface area contributed by atoms with Crippen LogP contribution >= 0.6 is 0 Å². The van der Waals surface area contributed by atoms with E-state index in [0.717, 1.165) is 6.54 Å². The molecule has 0 aromatic carbocycles. The van der Waals surface area contributed by atoms with Crippen LogP contribution < -0.4 is 0 Å². The maximum Gasteiger partial charge on any atom is 0.293 e. The summed E-state index contributed by atoms with van der Waals surface area (Å²) in [6.45, 7) is 1.85. The summed E-state index contributed by atoms with van der Waals surface area (Å²) in [5.41, 5.74) is 0. The molecular formula is C11H15N5O2. The van der Waals surface area contributed by atoms with Crippen molar-refractivity contribution in [1.29, 1.82) is 0 Å². The van der Waals surface area contributed by atoms with Crippen molar-refractivity contribution in [2.45, 2.75) is 0 Å². The molecule has 1 aromatic rings. The molecule has 0 saturated carbocycles. The van der Waals surface area contributed by atoms with E-state index in [2.05, 4.69) is 10.1 Å². The van der Waals surface area contributed by atoms with Gasteiger partial charge in [0, 0.05) is 39.6 Å². The highest BCUT2D eigenvalue weighted by atomic mass is 16.2. The molecule has 0 radical (unpaired) electrons. The van der Waals surface area contributed by atoms with Gasteiger partial charge in [0.25, 0.3) is 5.91 Å². The van der Waals surface area contributed by atoms with Gasteiger partial charge in [-0.05, 0) is 0 Å². The molecule has 7 nitrogen and oxygen atoms in total.